The van der Waals surface area contributed by atoms with Crippen LogP contribution in [0.1, 0.15) is 6.42 Å². The average molecular weight is 213 g/mol. The Balaban J connectivity index is 1.71. The summed E-state index contributed by atoms with van der Waals surface area (Å²) in [5.41, 5.74) is 6.21. The lowest BCUT2D eigenvalue weighted by molar-refractivity contribution is 0.131. The van der Waals surface area contributed by atoms with Crippen molar-refractivity contribution in [2.75, 3.05) is 53.0 Å². The molecule has 4 nitrogen and oxygen atoms in total. The third kappa shape index (κ3) is 3.14. The fourth-order valence-electron chi connectivity index (χ4n) is 2.37. The number of hydrogen-bond donors (Lipinski definition) is 1. The average Bonchev–Trinajstić information content (AvgIpc) is 2.74. The first kappa shape index (κ1) is 11.3. The standard InChI is InChI=1S/C11H23N3O/c1-13-3-5-14(6-4-13)8-11(12)10-2-7-15-9-10/h10-11H,2-9,12H2,1H3. The Labute approximate surface area is 92.4 Å². The van der Waals surface area contributed by atoms with E-state index < -0.39 is 0 Å². The Kier molecular flexibility index (Phi) is 3.97. The van der Waals surface area contributed by atoms with Gasteiger partial charge in [0.05, 0.1) is 6.61 Å². The van der Waals surface area contributed by atoms with E-state index in [2.05, 4.69) is 16.8 Å². The van der Waals surface area contributed by atoms with Gasteiger partial charge in [0, 0.05) is 51.3 Å². The van der Waals surface area contributed by atoms with E-state index in [1.165, 1.54) is 13.1 Å². The van der Waals surface area contributed by atoms with Crippen molar-refractivity contribution in [1.29, 1.82) is 0 Å². The first-order valence-electron chi connectivity index (χ1n) is 6.00. The van der Waals surface area contributed by atoms with Crippen LogP contribution in [0.5, 0.6) is 0 Å². The molecule has 2 aliphatic heterocycles. The van der Waals surface area contributed by atoms with Gasteiger partial charge in [-0.15, -0.1) is 0 Å². The van der Waals surface area contributed by atoms with Crippen molar-refractivity contribution in [3.8, 4) is 0 Å². The van der Waals surface area contributed by atoms with Crippen molar-refractivity contribution < 1.29 is 4.74 Å². The minimum absolute atomic E-state index is 0.302. The van der Waals surface area contributed by atoms with Crippen LogP contribution >= 0.6 is 0 Å². The summed E-state index contributed by atoms with van der Waals surface area (Å²) in [5.74, 6) is 0.588. The van der Waals surface area contributed by atoms with Gasteiger partial charge in [-0.05, 0) is 13.5 Å². The highest BCUT2D eigenvalue weighted by atomic mass is 16.5. The molecule has 0 amide bonds. The fourth-order valence-corrected chi connectivity index (χ4v) is 2.37. The highest BCUT2D eigenvalue weighted by Crippen LogP contribution is 2.16. The van der Waals surface area contributed by atoms with Gasteiger partial charge in [-0.25, -0.2) is 0 Å². The lowest BCUT2D eigenvalue weighted by atomic mass is 9.99. The smallest absolute Gasteiger partial charge is 0.0510 e. The van der Waals surface area contributed by atoms with Crippen LogP contribution in [0.15, 0.2) is 0 Å². The minimum Gasteiger partial charge on any atom is -0.381 e. The maximum absolute atomic E-state index is 6.21. The topological polar surface area (TPSA) is 41.7 Å². The summed E-state index contributed by atoms with van der Waals surface area (Å²) < 4.78 is 5.38. The molecule has 0 aromatic heterocycles. The van der Waals surface area contributed by atoms with Crippen LogP contribution in [0.2, 0.25) is 0 Å². The van der Waals surface area contributed by atoms with Crippen molar-refractivity contribution in [2.24, 2.45) is 11.7 Å². The van der Waals surface area contributed by atoms with Gasteiger partial charge in [0.15, 0.2) is 0 Å². The Morgan fingerprint density at radius 2 is 2.07 bits per heavy atom. The van der Waals surface area contributed by atoms with Gasteiger partial charge in [-0.2, -0.15) is 0 Å². The van der Waals surface area contributed by atoms with E-state index in [0.717, 1.165) is 39.3 Å². The summed E-state index contributed by atoms with van der Waals surface area (Å²) in [5, 5.41) is 0. The van der Waals surface area contributed by atoms with E-state index in [-0.39, 0.29) is 0 Å². The van der Waals surface area contributed by atoms with Crippen molar-refractivity contribution in [3.05, 3.63) is 0 Å². The third-order valence-electron chi connectivity index (χ3n) is 3.64. The molecule has 0 saturated carbocycles. The molecule has 88 valence electrons. The molecule has 2 N–H and O–H groups in total. The lowest BCUT2D eigenvalue weighted by Gasteiger charge is -2.34. The number of likely N-dealkylation sites (N-methyl/N-ethyl adjacent to an activating group) is 1. The van der Waals surface area contributed by atoms with E-state index in [9.17, 15) is 0 Å². The molecule has 0 radical (unpaired) electrons. The maximum atomic E-state index is 6.21. The molecule has 0 aromatic carbocycles. The highest BCUT2D eigenvalue weighted by molar-refractivity contribution is 4.81. The monoisotopic (exact) mass is 213 g/mol. The molecule has 2 atom stereocenters. The van der Waals surface area contributed by atoms with Crippen molar-refractivity contribution in [1.82, 2.24) is 9.80 Å². The Morgan fingerprint density at radius 1 is 1.33 bits per heavy atom. The van der Waals surface area contributed by atoms with E-state index >= 15 is 0 Å². The molecule has 0 bridgehead atoms. The van der Waals surface area contributed by atoms with Crippen molar-refractivity contribution in [3.63, 3.8) is 0 Å². The summed E-state index contributed by atoms with van der Waals surface area (Å²) in [6.45, 7) is 7.50. The SMILES string of the molecule is CN1CCN(CC(N)C2CCOC2)CC1. The first-order chi connectivity index (χ1) is 7.25. The second-order valence-corrected chi connectivity index (χ2v) is 4.89. The van der Waals surface area contributed by atoms with Gasteiger partial charge in [0.25, 0.3) is 0 Å². The Morgan fingerprint density at radius 3 is 2.67 bits per heavy atom. The van der Waals surface area contributed by atoms with Crippen molar-refractivity contribution >= 4 is 0 Å². The summed E-state index contributed by atoms with van der Waals surface area (Å²) in [6, 6.07) is 0.302. The zero-order chi connectivity index (χ0) is 10.7. The molecule has 2 unspecified atom stereocenters. The maximum Gasteiger partial charge on any atom is 0.0510 e. The van der Waals surface area contributed by atoms with Crippen LogP contribution in [-0.4, -0.2) is 68.8 Å². The van der Waals surface area contributed by atoms with Gasteiger partial charge in [-0.1, -0.05) is 0 Å². The summed E-state index contributed by atoms with van der Waals surface area (Å²) in [6.07, 6.45) is 1.15. The Bertz CT molecular complexity index is 186. The molecule has 0 spiro atoms. The second kappa shape index (κ2) is 5.25. The van der Waals surface area contributed by atoms with Gasteiger partial charge in [0.1, 0.15) is 0 Å². The van der Waals surface area contributed by atoms with Crippen LogP contribution < -0.4 is 5.73 Å². The normalized spacial score (nSPS) is 32.0. The van der Waals surface area contributed by atoms with Gasteiger partial charge >= 0.3 is 0 Å². The number of rotatable bonds is 3. The molecule has 4 heteroatoms. The number of nitrogens with two attached hydrogens (primary N) is 1. The molecule has 2 aliphatic rings. The van der Waals surface area contributed by atoms with Crippen molar-refractivity contribution in [2.45, 2.75) is 12.5 Å². The van der Waals surface area contributed by atoms with E-state index in [4.69, 9.17) is 10.5 Å². The van der Waals surface area contributed by atoms with Gasteiger partial charge < -0.3 is 15.4 Å². The first-order valence-corrected chi connectivity index (χ1v) is 6.00. The predicted molar refractivity (Wildman–Crippen MR) is 60.8 cm³/mol. The molecule has 2 fully saturated rings. The van der Waals surface area contributed by atoms with E-state index in [1.807, 2.05) is 0 Å². The van der Waals surface area contributed by atoms with Crippen LogP contribution in [0.4, 0.5) is 0 Å². The van der Waals surface area contributed by atoms with Crippen LogP contribution in [0, 0.1) is 5.92 Å². The quantitative estimate of drug-likeness (QED) is 0.692. The predicted octanol–water partition coefficient (Wildman–Crippen LogP) is -0.402. The molecule has 0 aromatic rings. The zero-order valence-electron chi connectivity index (χ0n) is 9.69. The largest absolute Gasteiger partial charge is 0.381 e. The molecular weight excluding hydrogens is 190 g/mol. The summed E-state index contributed by atoms with van der Waals surface area (Å²) in [7, 11) is 2.18. The highest BCUT2D eigenvalue weighted by Gasteiger charge is 2.25. The summed E-state index contributed by atoms with van der Waals surface area (Å²) >= 11 is 0. The number of piperazine rings is 1. The van der Waals surface area contributed by atoms with E-state index in [0.29, 0.717) is 12.0 Å². The lowest BCUT2D eigenvalue weighted by Crippen LogP contribution is -2.50. The molecule has 0 aliphatic carbocycles. The van der Waals surface area contributed by atoms with Crippen LogP contribution in [0.3, 0.4) is 0 Å². The third-order valence-corrected chi connectivity index (χ3v) is 3.64. The number of hydrogen-bond acceptors (Lipinski definition) is 4. The second-order valence-electron chi connectivity index (χ2n) is 4.89. The zero-order valence-corrected chi connectivity index (χ0v) is 9.69. The van der Waals surface area contributed by atoms with E-state index in [1.54, 1.807) is 0 Å². The molecule has 15 heavy (non-hydrogen) atoms. The Hall–Kier alpha value is -0.160. The minimum atomic E-state index is 0.302. The number of ether oxygens (including phenoxy) is 1. The van der Waals surface area contributed by atoms with Crippen LogP contribution in [-0.2, 0) is 4.74 Å². The molecule has 2 heterocycles. The summed E-state index contributed by atoms with van der Waals surface area (Å²) in [4.78, 5) is 4.86. The van der Waals surface area contributed by atoms with Crippen LogP contribution in [0.25, 0.3) is 0 Å². The number of nitrogens with zero attached hydrogens (tertiary/aromatic N) is 2. The van der Waals surface area contributed by atoms with Gasteiger partial charge in [-0.3, -0.25) is 4.90 Å². The molecule has 2 rings (SSSR count). The van der Waals surface area contributed by atoms with Gasteiger partial charge in [0.2, 0.25) is 0 Å². The molecule has 2 saturated heterocycles. The molecular formula is C11H23N3O. The fraction of sp³-hybridized carbons (Fsp3) is 1.00.